The molecule has 0 radical (unpaired) electrons. The second-order valence-corrected chi connectivity index (χ2v) is 6.15. The van der Waals surface area contributed by atoms with Crippen LogP contribution in [0.1, 0.15) is 34.8 Å². The summed E-state index contributed by atoms with van der Waals surface area (Å²) in [6.45, 7) is 6.86. The van der Waals surface area contributed by atoms with Crippen molar-refractivity contribution in [1.82, 2.24) is 5.32 Å². The van der Waals surface area contributed by atoms with Crippen LogP contribution in [-0.2, 0) is 0 Å². The van der Waals surface area contributed by atoms with E-state index in [0.717, 1.165) is 22.7 Å². The van der Waals surface area contributed by atoms with Crippen LogP contribution in [0.5, 0.6) is 0 Å². The second-order valence-electron chi connectivity index (χ2n) is 4.50. The van der Waals surface area contributed by atoms with Gasteiger partial charge < -0.3 is 5.32 Å². The fourth-order valence-corrected chi connectivity index (χ4v) is 4.75. The standard InChI is InChI=1S/C11H14ClNS/c1-5-7-3-13-4-8(7)10-9(5)6(2)11(12)14-10/h5,7-8,13H,3-4H2,1-2H3. The lowest BCUT2D eigenvalue weighted by Crippen LogP contribution is -2.12. The van der Waals surface area contributed by atoms with E-state index in [9.17, 15) is 0 Å². The number of halogens is 1. The number of hydrogen-bond acceptors (Lipinski definition) is 2. The first kappa shape index (κ1) is 9.20. The van der Waals surface area contributed by atoms with Gasteiger partial charge in [-0.05, 0) is 36.4 Å². The topological polar surface area (TPSA) is 12.0 Å². The van der Waals surface area contributed by atoms with Gasteiger partial charge in [-0.25, -0.2) is 0 Å². The number of fused-ring (bicyclic) bond motifs is 3. The largest absolute Gasteiger partial charge is 0.316 e. The molecule has 0 spiro atoms. The van der Waals surface area contributed by atoms with Gasteiger partial charge >= 0.3 is 0 Å². The Bertz CT molecular complexity index is 385. The van der Waals surface area contributed by atoms with Crippen molar-refractivity contribution in [3.8, 4) is 0 Å². The lowest BCUT2D eigenvalue weighted by molar-refractivity contribution is 0.487. The van der Waals surface area contributed by atoms with E-state index in [2.05, 4.69) is 19.2 Å². The minimum absolute atomic E-state index is 0.703. The molecule has 1 N–H and O–H groups in total. The normalized spacial score (nSPS) is 34.6. The zero-order chi connectivity index (χ0) is 9.87. The third kappa shape index (κ3) is 0.995. The Labute approximate surface area is 93.5 Å². The van der Waals surface area contributed by atoms with Gasteiger partial charge in [0, 0.05) is 17.3 Å². The van der Waals surface area contributed by atoms with E-state index in [-0.39, 0.29) is 0 Å². The molecular weight excluding hydrogens is 214 g/mol. The molecule has 3 unspecified atom stereocenters. The van der Waals surface area contributed by atoms with E-state index in [0.29, 0.717) is 5.92 Å². The number of hydrogen-bond donors (Lipinski definition) is 1. The Hall–Kier alpha value is -0.0500. The summed E-state index contributed by atoms with van der Waals surface area (Å²) >= 11 is 8.01. The minimum atomic E-state index is 0.703. The van der Waals surface area contributed by atoms with E-state index in [1.54, 1.807) is 10.4 Å². The molecule has 1 saturated heterocycles. The molecule has 1 fully saturated rings. The summed E-state index contributed by atoms with van der Waals surface area (Å²) in [5.74, 6) is 2.28. The predicted octanol–water partition coefficient (Wildman–Crippen LogP) is 3.13. The number of thiophene rings is 1. The lowest BCUT2D eigenvalue weighted by Gasteiger charge is -2.14. The van der Waals surface area contributed by atoms with E-state index in [4.69, 9.17) is 11.6 Å². The van der Waals surface area contributed by atoms with Crippen LogP contribution in [0.25, 0.3) is 0 Å². The SMILES string of the molecule is Cc1c(Cl)sc2c1C(C)C1CNCC21. The smallest absolute Gasteiger partial charge is 0.0963 e. The Morgan fingerprint density at radius 1 is 1.43 bits per heavy atom. The molecule has 0 aromatic carbocycles. The maximum Gasteiger partial charge on any atom is 0.0963 e. The highest BCUT2D eigenvalue weighted by molar-refractivity contribution is 7.16. The van der Waals surface area contributed by atoms with Crippen LogP contribution < -0.4 is 5.32 Å². The van der Waals surface area contributed by atoms with E-state index in [1.165, 1.54) is 12.1 Å². The van der Waals surface area contributed by atoms with Crippen LogP contribution in [0.15, 0.2) is 0 Å². The Kier molecular flexibility index (Phi) is 1.95. The van der Waals surface area contributed by atoms with Crippen molar-refractivity contribution in [2.45, 2.75) is 25.7 Å². The van der Waals surface area contributed by atoms with Crippen molar-refractivity contribution < 1.29 is 0 Å². The summed E-state index contributed by atoms with van der Waals surface area (Å²) in [5.41, 5.74) is 2.91. The molecule has 2 aliphatic rings. The van der Waals surface area contributed by atoms with Crippen molar-refractivity contribution >= 4 is 22.9 Å². The van der Waals surface area contributed by atoms with Gasteiger partial charge in [-0.2, -0.15) is 0 Å². The zero-order valence-electron chi connectivity index (χ0n) is 8.43. The minimum Gasteiger partial charge on any atom is -0.316 e. The summed E-state index contributed by atoms with van der Waals surface area (Å²) in [6, 6.07) is 0. The van der Waals surface area contributed by atoms with Crippen LogP contribution in [0.2, 0.25) is 4.34 Å². The number of nitrogens with one attached hydrogen (secondary N) is 1. The molecule has 3 atom stereocenters. The molecule has 1 aromatic heterocycles. The fraction of sp³-hybridized carbons (Fsp3) is 0.636. The average Bonchev–Trinajstić information content (AvgIpc) is 2.76. The maximum absolute atomic E-state index is 6.20. The summed E-state index contributed by atoms with van der Waals surface area (Å²) in [5, 5.41) is 3.49. The molecule has 76 valence electrons. The Balaban J connectivity index is 2.16. The average molecular weight is 228 g/mol. The Morgan fingerprint density at radius 2 is 2.21 bits per heavy atom. The molecule has 1 aromatic rings. The van der Waals surface area contributed by atoms with Crippen molar-refractivity contribution in [2.24, 2.45) is 5.92 Å². The molecule has 14 heavy (non-hydrogen) atoms. The van der Waals surface area contributed by atoms with Gasteiger partial charge in [-0.1, -0.05) is 18.5 Å². The lowest BCUT2D eigenvalue weighted by atomic mass is 9.91. The molecule has 0 bridgehead atoms. The highest BCUT2D eigenvalue weighted by Gasteiger charge is 2.43. The molecule has 3 rings (SSSR count). The van der Waals surface area contributed by atoms with E-state index < -0.39 is 0 Å². The monoisotopic (exact) mass is 227 g/mol. The third-order valence-corrected chi connectivity index (χ3v) is 5.60. The summed E-state index contributed by atoms with van der Waals surface area (Å²) in [4.78, 5) is 1.56. The summed E-state index contributed by atoms with van der Waals surface area (Å²) in [6.07, 6.45) is 0. The van der Waals surface area contributed by atoms with Crippen molar-refractivity contribution in [3.63, 3.8) is 0 Å². The first-order valence-electron chi connectivity index (χ1n) is 5.19. The first-order valence-corrected chi connectivity index (χ1v) is 6.39. The highest BCUT2D eigenvalue weighted by atomic mass is 35.5. The fourth-order valence-electron chi connectivity index (χ4n) is 3.09. The molecule has 3 heteroatoms. The van der Waals surface area contributed by atoms with Crippen LogP contribution in [0.3, 0.4) is 0 Å². The van der Waals surface area contributed by atoms with E-state index in [1.807, 2.05) is 11.3 Å². The molecular formula is C11H14ClNS. The van der Waals surface area contributed by atoms with Crippen molar-refractivity contribution in [3.05, 3.63) is 20.3 Å². The molecule has 0 amide bonds. The molecule has 1 aliphatic carbocycles. The van der Waals surface area contributed by atoms with Gasteiger partial charge in [0.05, 0.1) is 4.34 Å². The zero-order valence-corrected chi connectivity index (χ0v) is 10.0. The number of rotatable bonds is 0. The van der Waals surface area contributed by atoms with Gasteiger partial charge in [-0.3, -0.25) is 0 Å². The molecule has 1 nitrogen and oxygen atoms in total. The molecule has 2 heterocycles. The van der Waals surface area contributed by atoms with Gasteiger partial charge in [0.1, 0.15) is 0 Å². The second kappa shape index (κ2) is 2.97. The highest BCUT2D eigenvalue weighted by Crippen LogP contribution is 2.54. The van der Waals surface area contributed by atoms with Gasteiger partial charge in [0.25, 0.3) is 0 Å². The first-order chi connectivity index (χ1) is 6.70. The van der Waals surface area contributed by atoms with Crippen LogP contribution in [0, 0.1) is 12.8 Å². The quantitative estimate of drug-likeness (QED) is 0.718. The van der Waals surface area contributed by atoms with Crippen LogP contribution in [-0.4, -0.2) is 13.1 Å². The maximum atomic E-state index is 6.20. The van der Waals surface area contributed by atoms with Crippen molar-refractivity contribution in [2.75, 3.05) is 13.1 Å². The molecule has 0 saturated carbocycles. The van der Waals surface area contributed by atoms with Crippen molar-refractivity contribution in [1.29, 1.82) is 0 Å². The summed E-state index contributed by atoms with van der Waals surface area (Å²) < 4.78 is 1.01. The third-order valence-electron chi connectivity index (χ3n) is 3.86. The van der Waals surface area contributed by atoms with Crippen LogP contribution >= 0.6 is 22.9 Å². The predicted molar refractivity (Wildman–Crippen MR) is 61.6 cm³/mol. The van der Waals surface area contributed by atoms with E-state index >= 15 is 0 Å². The van der Waals surface area contributed by atoms with Gasteiger partial charge in [-0.15, -0.1) is 11.3 Å². The summed E-state index contributed by atoms with van der Waals surface area (Å²) in [7, 11) is 0. The van der Waals surface area contributed by atoms with Gasteiger partial charge in [0.2, 0.25) is 0 Å². The Morgan fingerprint density at radius 3 is 3.00 bits per heavy atom. The molecule has 1 aliphatic heterocycles. The van der Waals surface area contributed by atoms with Gasteiger partial charge in [0.15, 0.2) is 0 Å². The van der Waals surface area contributed by atoms with Crippen LogP contribution in [0.4, 0.5) is 0 Å².